The molecule has 1 aliphatic heterocycles. The first-order chi connectivity index (χ1) is 8.02. The fraction of sp³-hybridized carbons (Fsp3) is 0.500. The quantitative estimate of drug-likeness (QED) is 0.751. The summed E-state index contributed by atoms with van der Waals surface area (Å²) in [5.74, 6) is 1.26. The second-order valence-corrected chi connectivity index (χ2v) is 5.66. The first kappa shape index (κ1) is 14.1. The minimum Gasteiger partial charge on any atom is -0.494 e. The lowest BCUT2D eigenvalue weighted by atomic mass is 10.2. The average Bonchev–Trinajstić information content (AvgIpc) is 2.30. The lowest BCUT2D eigenvalue weighted by Gasteiger charge is -2.12. The molecule has 0 N–H and O–H groups in total. The van der Waals surface area contributed by atoms with Crippen LogP contribution in [-0.4, -0.2) is 16.9 Å². The fourth-order valence-corrected chi connectivity index (χ4v) is 2.37. The van der Waals surface area contributed by atoms with Crippen LogP contribution in [0.15, 0.2) is 41.3 Å². The molecule has 0 aromatic carbocycles. The Morgan fingerprint density at radius 3 is 2.82 bits per heavy atom. The van der Waals surface area contributed by atoms with Crippen molar-refractivity contribution in [3.63, 3.8) is 0 Å². The third kappa shape index (κ3) is 4.82. The zero-order valence-electron chi connectivity index (χ0n) is 11.1. The summed E-state index contributed by atoms with van der Waals surface area (Å²) in [4.78, 5) is 4.57. The maximum atomic E-state index is 5.52. The van der Waals surface area contributed by atoms with Crippen LogP contribution in [0, 0.1) is 5.92 Å². The third-order valence-electron chi connectivity index (χ3n) is 2.21. The zero-order chi connectivity index (χ0) is 12.8. The van der Waals surface area contributed by atoms with Crippen LogP contribution in [0.4, 0.5) is 0 Å². The van der Waals surface area contributed by atoms with E-state index in [2.05, 4.69) is 38.4 Å². The van der Waals surface area contributed by atoms with Crippen molar-refractivity contribution < 1.29 is 4.74 Å². The minimum atomic E-state index is 0.394. The van der Waals surface area contributed by atoms with Gasteiger partial charge in [0.05, 0.1) is 17.3 Å². The molecule has 1 aliphatic rings. The Morgan fingerprint density at radius 2 is 2.24 bits per heavy atom. The van der Waals surface area contributed by atoms with E-state index in [0.29, 0.717) is 17.8 Å². The first-order valence-electron chi connectivity index (χ1n) is 5.99. The number of thioether (sulfide) groups is 1. The van der Waals surface area contributed by atoms with E-state index in [9.17, 15) is 0 Å². The number of hydrogen-bond donors (Lipinski definition) is 0. The summed E-state index contributed by atoms with van der Waals surface area (Å²) < 4.78 is 5.52. The topological polar surface area (TPSA) is 21.6 Å². The van der Waals surface area contributed by atoms with Crippen molar-refractivity contribution in [2.45, 2.75) is 32.9 Å². The highest BCUT2D eigenvalue weighted by molar-refractivity contribution is 8.14. The van der Waals surface area contributed by atoms with Gasteiger partial charge in [0.1, 0.15) is 5.76 Å². The zero-order valence-corrected chi connectivity index (χ0v) is 11.9. The van der Waals surface area contributed by atoms with Gasteiger partial charge in [-0.15, -0.1) is 11.8 Å². The third-order valence-corrected chi connectivity index (χ3v) is 3.54. The highest BCUT2D eigenvalue weighted by Gasteiger charge is 2.12. The summed E-state index contributed by atoms with van der Waals surface area (Å²) >= 11 is 1.78. The molecule has 94 valence electrons. The highest BCUT2D eigenvalue weighted by atomic mass is 32.2. The molecular formula is C14H21NOS. The van der Waals surface area contributed by atoms with E-state index >= 15 is 0 Å². The summed E-state index contributed by atoms with van der Waals surface area (Å²) in [5.41, 5.74) is 0.753. The van der Waals surface area contributed by atoms with Crippen LogP contribution >= 0.6 is 11.8 Å². The standard InChI is InChI=1S/C14H21NOS/c1-6-16-13-8-7-12(5)17-14(10(2)3)15-11(4)9-13/h7-10,12H,4,6H2,1-3,5H3/b8-7-,13-9+,15-14?. The number of nitrogens with zero attached hydrogens (tertiary/aromatic N) is 1. The van der Waals surface area contributed by atoms with Gasteiger partial charge in [0.15, 0.2) is 0 Å². The molecule has 0 amide bonds. The molecule has 1 unspecified atom stereocenters. The fourth-order valence-electron chi connectivity index (χ4n) is 1.39. The van der Waals surface area contributed by atoms with Gasteiger partial charge in [-0.05, 0) is 19.9 Å². The molecule has 1 atom stereocenters. The van der Waals surface area contributed by atoms with Crippen LogP contribution in [0.1, 0.15) is 27.7 Å². The van der Waals surface area contributed by atoms with Gasteiger partial charge in [0, 0.05) is 17.2 Å². The van der Waals surface area contributed by atoms with Gasteiger partial charge in [-0.3, -0.25) is 0 Å². The Balaban J connectivity index is 3.00. The van der Waals surface area contributed by atoms with Crippen molar-refractivity contribution in [1.29, 1.82) is 0 Å². The Morgan fingerprint density at radius 1 is 1.53 bits per heavy atom. The Hall–Kier alpha value is -0.960. The monoisotopic (exact) mass is 251 g/mol. The van der Waals surface area contributed by atoms with Crippen molar-refractivity contribution in [2.24, 2.45) is 10.9 Å². The van der Waals surface area contributed by atoms with Crippen molar-refractivity contribution in [3.05, 3.63) is 36.3 Å². The SMILES string of the molecule is C=C1/C=C(OCC)\C=C/C(C)SC(C(C)C)=N1. The van der Waals surface area contributed by atoms with Gasteiger partial charge in [-0.25, -0.2) is 4.99 Å². The van der Waals surface area contributed by atoms with Crippen molar-refractivity contribution >= 4 is 16.8 Å². The summed E-state index contributed by atoms with van der Waals surface area (Å²) in [6.07, 6.45) is 6.04. The molecule has 0 bridgehead atoms. The van der Waals surface area contributed by atoms with Crippen LogP contribution in [0.2, 0.25) is 0 Å². The lowest BCUT2D eigenvalue weighted by molar-refractivity contribution is 0.242. The number of allylic oxidation sites excluding steroid dienone is 2. The van der Waals surface area contributed by atoms with Gasteiger partial charge >= 0.3 is 0 Å². The van der Waals surface area contributed by atoms with Crippen molar-refractivity contribution in [3.8, 4) is 0 Å². The minimum absolute atomic E-state index is 0.394. The number of aliphatic imine (C=N–C) groups is 1. The van der Waals surface area contributed by atoms with E-state index in [-0.39, 0.29) is 0 Å². The first-order valence-corrected chi connectivity index (χ1v) is 6.87. The Kier molecular flexibility index (Phi) is 5.56. The Bertz CT molecular complexity index is 366. The molecule has 1 heterocycles. The van der Waals surface area contributed by atoms with Crippen LogP contribution in [-0.2, 0) is 4.74 Å². The molecule has 0 radical (unpaired) electrons. The molecule has 0 aromatic heterocycles. The summed E-state index contributed by atoms with van der Waals surface area (Å²) in [7, 11) is 0. The van der Waals surface area contributed by atoms with E-state index < -0.39 is 0 Å². The molecule has 2 nitrogen and oxygen atoms in total. The molecule has 17 heavy (non-hydrogen) atoms. The van der Waals surface area contributed by atoms with Gasteiger partial charge in [-0.1, -0.05) is 26.5 Å². The number of hydrogen-bond acceptors (Lipinski definition) is 3. The molecule has 3 heteroatoms. The maximum absolute atomic E-state index is 5.52. The van der Waals surface area contributed by atoms with Crippen molar-refractivity contribution in [2.75, 3.05) is 6.61 Å². The maximum Gasteiger partial charge on any atom is 0.121 e. The lowest BCUT2D eigenvalue weighted by Crippen LogP contribution is -2.07. The molecule has 0 saturated carbocycles. The van der Waals surface area contributed by atoms with Crippen LogP contribution in [0.5, 0.6) is 0 Å². The van der Waals surface area contributed by atoms with Gasteiger partial charge in [0.25, 0.3) is 0 Å². The van der Waals surface area contributed by atoms with Crippen LogP contribution < -0.4 is 0 Å². The highest BCUT2D eigenvalue weighted by Crippen LogP contribution is 2.23. The van der Waals surface area contributed by atoms with Crippen LogP contribution in [0.25, 0.3) is 0 Å². The van der Waals surface area contributed by atoms with Gasteiger partial charge in [-0.2, -0.15) is 0 Å². The summed E-state index contributed by atoms with van der Waals surface area (Å²) in [6.45, 7) is 13.1. The molecule has 0 spiro atoms. The van der Waals surface area contributed by atoms with Crippen molar-refractivity contribution in [1.82, 2.24) is 0 Å². The summed E-state index contributed by atoms with van der Waals surface area (Å²) in [5, 5.41) is 1.52. The summed E-state index contributed by atoms with van der Waals surface area (Å²) in [6, 6.07) is 0. The average molecular weight is 251 g/mol. The largest absolute Gasteiger partial charge is 0.494 e. The second-order valence-electron chi connectivity index (χ2n) is 4.26. The molecule has 1 rings (SSSR count). The van der Waals surface area contributed by atoms with Crippen LogP contribution in [0.3, 0.4) is 0 Å². The van der Waals surface area contributed by atoms with E-state index in [1.54, 1.807) is 11.8 Å². The predicted molar refractivity (Wildman–Crippen MR) is 77.3 cm³/mol. The molecule has 0 aromatic rings. The van der Waals surface area contributed by atoms with Gasteiger partial charge < -0.3 is 4.74 Å². The number of ether oxygens (including phenoxy) is 1. The normalized spacial score (nSPS) is 26.4. The number of rotatable bonds is 3. The van der Waals surface area contributed by atoms with E-state index in [0.717, 1.165) is 16.5 Å². The molecule has 0 fully saturated rings. The Labute approximate surface area is 109 Å². The van der Waals surface area contributed by atoms with E-state index in [1.165, 1.54) is 0 Å². The molecular weight excluding hydrogens is 230 g/mol. The molecule has 0 saturated heterocycles. The predicted octanol–water partition coefficient (Wildman–Crippen LogP) is 4.17. The van der Waals surface area contributed by atoms with E-state index in [1.807, 2.05) is 19.1 Å². The second kappa shape index (κ2) is 6.70. The van der Waals surface area contributed by atoms with Gasteiger partial charge in [0.2, 0.25) is 0 Å². The molecule has 0 aliphatic carbocycles. The smallest absolute Gasteiger partial charge is 0.121 e. The van der Waals surface area contributed by atoms with E-state index in [4.69, 9.17) is 4.74 Å².